The Labute approximate surface area is 132 Å². The maximum absolute atomic E-state index is 5.74. The van der Waals surface area contributed by atoms with Crippen molar-refractivity contribution in [3.05, 3.63) is 66.2 Å². The minimum Gasteiger partial charge on any atom is -0.380 e. The van der Waals surface area contributed by atoms with E-state index < -0.39 is 0 Å². The summed E-state index contributed by atoms with van der Waals surface area (Å²) in [4.78, 5) is 2.48. The molecule has 0 aromatic heterocycles. The summed E-state index contributed by atoms with van der Waals surface area (Å²) in [6, 6.07) is 21.4. The van der Waals surface area contributed by atoms with Gasteiger partial charge in [0, 0.05) is 32.4 Å². The van der Waals surface area contributed by atoms with Crippen LogP contribution in [-0.4, -0.2) is 37.2 Å². The topological polar surface area (TPSA) is 24.5 Å². The first-order valence-electron chi connectivity index (χ1n) is 7.96. The van der Waals surface area contributed by atoms with Crippen LogP contribution >= 0.6 is 0 Å². The zero-order chi connectivity index (χ0) is 15.2. The van der Waals surface area contributed by atoms with Gasteiger partial charge in [0.2, 0.25) is 0 Å². The van der Waals surface area contributed by atoms with Gasteiger partial charge in [-0.3, -0.25) is 4.90 Å². The van der Waals surface area contributed by atoms with Crippen LogP contribution in [0.15, 0.2) is 60.7 Å². The van der Waals surface area contributed by atoms with Crippen molar-refractivity contribution in [2.75, 3.05) is 25.5 Å². The molecule has 2 atom stereocenters. The Bertz CT molecular complexity index is 558. The van der Waals surface area contributed by atoms with Crippen molar-refractivity contribution in [2.24, 2.45) is 0 Å². The fraction of sp³-hybridized carbons (Fsp3) is 0.368. The van der Waals surface area contributed by atoms with E-state index in [1.54, 1.807) is 0 Å². The third-order valence-electron chi connectivity index (χ3n) is 4.32. The Morgan fingerprint density at radius 2 is 1.73 bits per heavy atom. The molecule has 2 aromatic carbocycles. The number of piperidine rings is 1. The molecule has 1 fully saturated rings. The van der Waals surface area contributed by atoms with Crippen molar-refractivity contribution in [3.8, 4) is 0 Å². The molecule has 3 nitrogen and oxygen atoms in total. The molecule has 1 aliphatic heterocycles. The summed E-state index contributed by atoms with van der Waals surface area (Å²) in [7, 11) is 1.82. The Morgan fingerprint density at radius 3 is 2.41 bits per heavy atom. The maximum atomic E-state index is 5.74. The SMILES string of the molecule is CO[C@H]1CN(Cc2ccccc2)CC[C@@H]1Nc1ccccc1. The average molecular weight is 296 g/mol. The number of para-hydroxylation sites is 1. The van der Waals surface area contributed by atoms with E-state index in [1.807, 2.05) is 13.2 Å². The number of hydrogen-bond donors (Lipinski definition) is 1. The summed E-state index contributed by atoms with van der Waals surface area (Å²) in [6.07, 6.45) is 1.32. The van der Waals surface area contributed by atoms with E-state index in [-0.39, 0.29) is 6.10 Å². The molecule has 3 rings (SSSR count). The maximum Gasteiger partial charge on any atom is 0.0899 e. The molecule has 116 valence electrons. The van der Waals surface area contributed by atoms with Gasteiger partial charge >= 0.3 is 0 Å². The number of anilines is 1. The van der Waals surface area contributed by atoms with Gasteiger partial charge in [-0.15, -0.1) is 0 Å². The van der Waals surface area contributed by atoms with E-state index in [1.165, 1.54) is 11.3 Å². The van der Waals surface area contributed by atoms with Crippen LogP contribution in [0.3, 0.4) is 0 Å². The lowest BCUT2D eigenvalue weighted by Crippen LogP contribution is -2.50. The van der Waals surface area contributed by atoms with Crippen LogP contribution in [-0.2, 0) is 11.3 Å². The number of nitrogens with zero attached hydrogens (tertiary/aromatic N) is 1. The molecule has 0 spiro atoms. The number of hydrogen-bond acceptors (Lipinski definition) is 3. The van der Waals surface area contributed by atoms with Crippen molar-refractivity contribution in [2.45, 2.75) is 25.1 Å². The summed E-state index contributed by atoms with van der Waals surface area (Å²) in [5.41, 5.74) is 2.54. The second-order valence-electron chi connectivity index (χ2n) is 5.90. The number of nitrogens with one attached hydrogen (secondary N) is 1. The molecule has 22 heavy (non-hydrogen) atoms. The molecule has 0 amide bonds. The molecule has 0 radical (unpaired) electrons. The normalized spacial score (nSPS) is 22.4. The van der Waals surface area contributed by atoms with Crippen LogP contribution in [0.4, 0.5) is 5.69 Å². The van der Waals surface area contributed by atoms with Gasteiger partial charge < -0.3 is 10.1 Å². The van der Waals surface area contributed by atoms with Crippen molar-refractivity contribution >= 4 is 5.69 Å². The molecule has 0 bridgehead atoms. The highest BCUT2D eigenvalue weighted by Crippen LogP contribution is 2.20. The molecule has 0 aliphatic carbocycles. The van der Waals surface area contributed by atoms with Crippen molar-refractivity contribution in [3.63, 3.8) is 0 Å². The first kappa shape index (κ1) is 15.1. The van der Waals surface area contributed by atoms with E-state index in [0.717, 1.165) is 26.1 Å². The average Bonchev–Trinajstić information content (AvgIpc) is 2.58. The summed E-state index contributed by atoms with van der Waals surface area (Å²) >= 11 is 0. The lowest BCUT2D eigenvalue weighted by atomic mass is 10.0. The van der Waals surface area contributed by atoms with E-state index in [0.29, 0.717) is 6.04 Å². The van der Waals surface area contributed by atoms with Crippen molar-refractivity contribution < 1.29 is 4.74 Å². The predicted octanol–water partition coefficient (Wildman–Crippen LogP) is 3.39. The zero-order valence-corrected chi connectivity index (χ0v) is 13.1. The summed E-state index contributed by atoms with van der Waals surface area (Å²) in [6.45, 7) is 3.06. The van der Waals surface area contributed by atoms with E-state index in [2.05, 4.69) is 64.8 Å². The van der Waals surface area contributed by atoms with Gasteiger partial charge in [-0.25, -0.2) is 0 Å². The Morgan fingerprint density at radius 1 is 1.05 bits per heavy atom. The zero-order valence-electron chi connectivity index (χ0n) is 13.1. The molecule has 1 heterocycles. The Balaban J connectivity index is 1.59. The third-order valence-corrected chi connectivity index (χ3v) is 4.32. The van der Waals surface area contributed by atoms with Crippen LogP contribution in [0.5, 0.6) is 0 Å². The smallest absolute Gasteiger partial charge is 0.0899 e. The van der Waals surface area contributed by atoms with Crippen molar-refractivity contribution in [1.29, 1.82) is 0 Å². The predicted molar refractivity (Wildman–Crippen MR) is 91.0 cm³/mol. The molecular formula is C19H24N2O. The van der Waals surface area contributed by atoms with Crippen LogP contribution in [0.2, 0.25) is 0 Å². The molecule has 2 aromatic rings. The van der Waals surface area contributed by atoms with E-state index >= 15 is 0 Å². The van der Waals surface area contributed by atoms with Gasteiger partial charge in [-0.05, 0) is 24.1 Å². The lowest BCUT2D eigenvalue weighted by molar-refractivity contribution is 0.0194. The Hall–Kier alpha value is -1.84. The van der Waals surface area contributed by atoms with Crippen molar-refractivity contribution in [1.82, 2.24) is 4.90 Å². The van der Waals surface area contributed by atoms with Gasteiger partial charge in [0.15, 0.2) is 0 Å². The molecule has 3 heteroatoms. The second kappa shape index (κ2) is 7.43. The molecular weight excluding hydrogens is 272 g/mol. The first-order valence-corrected chi connectivity index (χ1v) is 7.96. The fourth-order valence-electron chi connectivity index (χ4n) is 3.12. The van der Waals surface area contributed by atoms with Gasteiger partial charge in [0.05, 0.1) is 12.1 Å². The highest BCUT2D eigenvalue weighted by atomic mass is 16.5. The monoisotopic (exact) mass is 296 g/mol. The second-order valence-corrected chi connectivity index (χ2v) is 5.90. The third kappa shape index (κ3) is 3.87. The molecule has 0 unspecified atom stereocenters. The van der Waals surface area contributed by atoms with E-state index in [4.69, 9.17) is 4.74 Å². The number of likely N-dealkylation sites (tertiary alicyclic amines) is 1. The highest BCUT2D eigenvalue weighted by Gasteiger charge is 2.29. The summed E-state index contributed by atoms with van der Waals surface area (Å²) in [5, 5.41) is 3.61. The summed E-state index contributed by atoms with van der Waals surface area (Å²) in [5.74, 6) is 0. The number of rotatable bonds is 5. The number of ether oxygens (including phenoxy) is 1. The van der Waals surface area contributed by atoms with E-state index in [9.17, 15) is 0 Å². The largest absolute Gasteiger partial charge is 0.380 e. The molecule has 1 N–H and O–H groups in total. The minimum absolute atomic E-state index is 0.220. The molecule has 0 saturated carbocycles. The fourth-order valence-corrected chi connectivity index (χ4v) is 3.12. The number of benzene rings is 2. The summed E-state index contributed by atoms with van der Waals surface area (Å²) < 4.78 is 5.74. The highest BCUT2D eigenvalue weighted by molar-refractivity contribution is 5.43. The van der Waals surface area contributed by atoms with Crippen LogP contribution in [0.25, 0.3) is 0 Å². The van der Waals surface area contributed by atoms with Crippen LogP contribution in [0.1, 0.15) is 12.0 Å². The molecule has 1 saturated heterocycles. The Kier molecular flexibility index (Phi) is 5.09. The van der Waals surface area contributed by atoms with Crippen LogP contribution in [0, 0.1) is 0 Å². The molecule has 1 aliphatic rings. The van der Waals surface area contributed by atoms with Gasteiger partial charge in [-0.1, -0.05) is 48.5 Å². The first-order chi connectivity index (χ1) is 10.8. The standard InChI is InChI=1S/C19H24N2O/c1-22-19-15-21(14-16-8-4-2-5-9-16)13-12-18(19)20-17-10-6-3-7-11-17/h2-11,18-20H,12-15H2,1H3/t18-,19-/m0/s1. The minimum atomic E-state index is 0.220. The number of methoxy groups -OCH3 is 1. The van der Waals surface area contributed by atoms with Crippen LogP contribution < -0.4 is 5.32 Å². The van der Waals surface area contributed by atoms with Gasteiger partial charge in [-0.2, -0.15) is 0 Å². The quantitative estimate of drug-likeness (QED) is 0.915. The van der Waals surface area contributed by atoms with Gasteiger partial charge in [0.1, 0.15) is 0 Å². The lowest BCUT2D eigenvalue weighted by Gasteiger charge is -2.38. The van der Waals surface area contributed by atoms with Gasteiger partial charge in [0.25, 0.3) is 0 Å².